The summed E-state index contributed by atoms with van der Waals surface area (Å²) in [5.74, 6) is 1.14. The van der Waals surface area contributed by atoms with Crippen molar-refractivity contribution in [1.29, 1.82) is 0 Å². The van der Waals surface area contributed by atoms with Crippen LogP contribution in [-0.4, -0.2) is 39.8 Å². The summed E-state index contributed by atoms with van der Waals surface area (Å²) < 4.78 is 10.5. The SMILES string of the molecule is Cc1c(-n2nnnc2SCc2nnc(-c3ccc(Cl)cc3)o2)c(=O)n(-c2ccccc2)n1C. The fourth-order valence-corrected chi connectivity index (χ4v) is 4.19. The van der Waals surface area contributed by atoms with Crippen molar-refractivity contribution >= 4 is 23.4 Å². The van der Waals surface area contributed by atoms with Crippen molar-refractivity contribution in [3.8, 4) is 22.8 Å². The monoisotopic (exact) mass is 480 g/mol. The van der Waals surface area contributed by atoms with Gasteiger partial charge in [0.15, 0.2) is 5.69 Å². The molecule has 0 spiro atoms. The molecule has 0 bridgehead atoms. The molecule has 0 atom stereocenters. The Kier molecular flexibility index (Phi) is 5.56. The van der Waals surface area contributed by atoms with E-state index in [1.54, 1.807) is 21.5 Å². The normalized spacial score (nSPS) is 11.2. The first kappa shape index (κ1) is 21.2. The summed E-state index contributed by atoms with van der Waals surface area (Å²) in [5.41, 5.74) is 2.40. The van der Waals surface area contributed by atoms with Crippen LogP contribution < -0.4 is 5.56 Å². The van der Waals surface area contributed by atoms with Crippen LogP contribution in [0.4, 0.5) is 0 Å². The van der Waals surface area contributed by atoms with Gasteiger partial charge in [-0.25, -0.2) is 4.68 Å². The average molecular weight is 481 g/mol. The Morgan fingerprint density at radius 2 is 1.79 bits per heavy atom. The van der Waals surface area contributed by atoms with Crippen molar-refractivity contribution in [2.24, 2.45) is 7.05 Å². The highest BCUT2D eigenvalue weighted by Gasteiger charge is 2.22. The van der Waals surface area contributed by atoms with Gasteiger partial charge in [-0.3, -0.25) is 9.48 Å². The Labute approximate surface area is 196 Å². The Hall–Kier alpha value is -3.70. The van der Waals surface area contributed by atoms with Crippen LogP contribution in [0.25, 0.3) is 22.8 Å². The number of benzene rings is 2. The molecule has 166 valence electrons. The number of halogens is 1. The van der Waals surface area contributed by atoms with Gasteiger partial charge in [0, 0.05) is 17.6 Å². The third-order valence-corrected chi connectivity index (χ3v) is 6.22. The maximum Gasteiger partial charge on any atom is 0.297 e. The molecule has 0 N–H and O–H groups in total. The second kappa shape index (κ2) is 8.68. The van der Waals surface area contributed by atoms with Crippen LogP contribution in [0.1, 0.15) is 11.6 Å². The number of thioether (sulfide) groups is 1. The predicted molar refractivity (Wildman–Crippen MR) is 123 cm³/mol. The molecule has 0 radical (unpaired) electrons. The van der Waals surface area contributed by atoms with E-state index in [9.17, 15) is 4.79 Å². The van der Waals surface area contributed by atoms with Gasteiger partial charge in [-0.2, -0.15) is 4.68 Å². The first-order valence-corrected chi connectivity index (χ1v) is 11.2. The van der Waals surface area contributed by atoms with Crippen LogP contribution in [0.15, 0.2) is 69.0 Å². The zero-order valence-corrected chi connectivity index (χ0v) is 19.2. The van der Waals surface area contributed by atoms with E-state index in [1.165, 1.54) is 16.4 Å². The number of aromatic nitrogens is 8. The summed E-state index contributed by atoms with van der Waals surface area (Å²) in [6.45, 7) is 1.85. The van der Waals surface area contributed by atoms with Gasteiger partial charge in [-0.1, -0.05) is 41.6 Å². The number of para-hydroxylation sites is 1. The molecule has 3 aromatic heterocycles. The Morgan fingerprint density at radius 1 is 1.03 bits per heavy atom. The molecule has 33 heavy (non-hydrogen) atoms. The van der Waals surface area contributed by atoms with E-state index < -0.39 is 0 Å². The van der Waals surface area contributed by atoms with Gasteiger partial charge in [-0.15, -0.1) is 15.3 Å². The number of hydrogen-bond acceptors (Lipinski definition) is 8. The van der Waals surface area contributed by atoms with Gasteiger partial charge in [0.25, 0.3) is 5.56 Å². The molecule has 0 aliphatic rings. The van der Waals surface area contributed by atoms with Crippen molar-refractivity contribution < 1.29 is 4.42 Å². The van der Waals surface area contributed by atoms with Crippen LogP contribution in [0.2, 0.25) is 5.02 Å². The summed E-state index contributed by atoms with van der Waals surface area (Å²) in [5, 5.41) is 21.2. The highest BCUT2D eigenvalue weighted by atomic mass is 35.5. The van der Waals surface area contributed by atoms with E-state index in [4.69, 9.17) is 16.0 Å². The summed E-state index contributed by atoms with van der Waals surface area (Å²) in [4.78, 5) is 13.3. The number of rotatable bonds is 6. The molecule has 0 amide bonds. The quantitative estimate of drug-likeness (QED) is 0.340. The molecule has 5 aromatic rings. The summed E-state index contributed by atoms with van der Waals surface area (Å²) in [7, 11) is 1.82. The zero-order valence-electron chi connectivity index (χ0n) is 17.6. The van der Waals surface area contributed by atoms with Gasteiger partial charge < -0.3 is 4.42 Å². The Bertz CT molecular complexity index is 1470. The molecule has 10 nitrogen and oxygen atoms in total. The summed E-state index contributed by atoms with van der Waals surface area (Å²) in [6, 6.07) is 16.5. The number of hydrogen-bond donors (Lipinski definition) is 0. The van der Waals surface area contributed by atoms with Crippen LogP contribution in [-0.2, 0) is 12.8 Å². The van der Waals surface area contributed by atoms with E-state index in [1.807, 2.05) is 56.4 Å². The minimum atomic E-state index is -0.224. The maximum absolute atomic E-state index is 13.3. The largest absolute Gasteiger partial charge is 0.420 e. The fraction of sp³-hybridized carbons (Fsp3) is 0.143. The lowest BCUT2D eigenvalue weighted by Gasteiger charge is -2.07. The molecule has 3 heterocycles. The van der Waals surface area contributed by atoms with Crippen LogP contribution in [0.5, 0.6) is 0 Å². The lowest BCUT2D eigenvalue weighted by Crippen LogP contribution is -2.22. The van der Waals surface area contributed by atoms with Crippen LogP contribution in [0.3, 0.4) is 0 Å². The van der Waals surface area contributed by atoms with Crippen LogP contribution >= 0.6 is 23.4 Å². The second-order valence-corrected chi connectivity index (χ2v) is 8.46. The number of nitrogens with zero attached hydrogens (tertiary/aromatic N) is 8. The van der Waals surface area contributed by atoms with Crippen molar-refractivity contribution in [1.82, 2.24) is 39.8 Å². The molecule has 0 saturated carbocycles. The lowest BCUT2D eigenvalue weighted by molar-refractivity contribution is 0.528. The van der Waals surface area contributed by atoms with Gasteiger partial charge >= 0.3 is 0 Å². The Balaban J connectivity index is 1.41. The van der Waals surface area contributed by atoms with E-state index in [2.05, 4.69) is 25.7 Å². The fourth-order valence-electron chi connectivity index (χ4n) is 3.35. The van der Waals surface area contributed by atoms with E-state index in [-0.39, 0.29) is 5.56 Å². The predicted octanol–water partition coefficient (Wildman–Crippen LogP) is 3.46. The first-order chi connectivity index (χ1) is 16.0. The summed E-state index contributed by atoms with van der Waals surface area (Å²) >= 11 is 7.22. The van der Waals surface area contributed by atoms with Crippen molar-refractivity contribution in [2.75, 3.05) is 0 Å². The molecular formula is C21H17ClN8O2S. The van der Waals surface area contributed by atoms with E-state index >= 15 is 0 Å². The highest BCUT2D eigenvalue weighted by Crippen LogP contribution is 2.25. The van der Waals surface area contributed by atoms with Crippen molar-refractivity contribution in [3.05, 3.63) is 81.6 Å². The molecule has 0 fully saturated rings. The Morgan fingerprint density at radius 3 is 2.55 bits per heavy atom. The second-order valence-electron chi connectivity index (χ2n) is 7.08. The molecule has 0 aliphatic heterocycles. The van der Waals surface area contributed by atoms with Crippen molar-refractivity contribution in [2.45, 2.75) is 17.8 Å². The topological polar surface area (TPSA) is 109 Å². The van der Waals surface area contributed by atoms with Gasteiger partial charge in [0.2, 0.25) is 16.9 Å². The highest BCUT2D eigenvalue weighted by molar-refractivity contribution is 7.98. The molecule has 0 saturated heterocycles. The van der Waals surface area contributed by atoms with Crippen molar-refractivity contribution in [3.63, 3.8) is 0 Å². The van der Waals surface area contributed by atoms with Gasteiger partial charge in [-0.05, 0) is 53.7 Å². The third kappa shape index (κ3) is 3.96. The molecule has 0 unspecified atom stereocenters. The molecule has 5 rings (SSSR count). The minimum absolute atomic E-state index is 0.224. The van der Waals surface area contributed by atoms with E-state index in [0.29, 0.717) is 33.4 Å². The standard InChI is InChI=1S/C21H17ClN8O2S/c1-13-18(20(31)30(28(13)2)16-6-4-3-5-7-16)29-21(25-26-27-29)33-12-17-23-24-19(32-17)14-8-10-15(22)11-9-14/h3-11H,12H2,1-2H3. The summed E-state index contributed by atoms with van der Waals surface area (Å²) in [6.07, 6.45) is 0. The van der Waals surface area contributed by atoms with Crippen LogP contribution in [0, 0.1) is 6.92 Å². The van der Waals surface area contributed by atoms with Gasteiger partial charge in [0.1, 0.15) is 0 Å². The average Bonchev–Trinajstić information content (AvgIpc) is 3.53. The molecule has 0 aliphatic carbocycles. The smallest absolute Gasteiger partial charge is 0.297 e. The lowest BCUT2D eigenvalue weighted by atomic mass is 10.2. The maximum atomic E-state index is 13.3. The minimum Gasteiger partial charge on any atom is -0.420 e. The number of tetrazole rings is 1. The molecular weight excluding hydrogens is 464 g/mol. The molecule has 2 aromatic carbocycles. The van der Waals surface area contributed by atoms with Gasteiger partial charge in [0.05, 0.1) is 17.1 Å². The first-order valence-electron chi connectivity index (χ1n) is 9.87. The molecule has 12 heteroatoms. The zero-order chi connectivity index (χ0) is 22.9. The third-order valence-electron chi connectivity index (χ3n) is 5.06. The van der Waals surface area contributed by atoms with E-state index in [0.717, 1.165) is 16.9 Å².